The first-order valence-corrected chi connectivity index (χ1v) is 11.3. The number of alkyl halides is 9. The Morgan fingerprint density at radius 3 is 0.957 bits per heavy atom. The first kappa shape index (κ1) is 25.5. The maximum Gasteiger partial charge on any atom is 0.397 e. The normalized spacial score (nSPS) is 14.1. The van der Waals surface area contributed by atoms with Crippen molar-refractivity contribution in [2.24, 2.45) is 11.8 Å². The van der Waals surface area contributed by atoms with E-state index in [4.69, 9.17) is 0 Å². The van der Waals surface area contributed by atoms with E-state index in [0.29, 0.717) is 0 Å². The van der Waals surface area contributed by atoms with Gasteiger partial charge in [-0.05, 0) is 0 Å². The molecule has 0 aromatic rings. The molecular formula is C12H18BiF9O. The van der Waals surface area contributed by atoms with E-state index < -0.39 is 24.1 Å². The molecule has 0 fully saturated rings. The molecule has 0 aliphatic rings. The van der Waals surface area contributed by atoms with Gasteiger partial charge in [-0.25, -0.2) is 0 Å². The van der Waals surface area contributed by atoms with E-state index in [-0.39, 0.29) is 23.2 Å². The number of halogens is 9. The summed E-state index contributed by atoms with van der Waals surface area (Å²) < 4.78 is 105. The third-order valence-corrected chi connectivity index (χ3v) is 9.87. The zero-order valence-corrected chi connectivity index (χ0v) is 16.3. The van der Waals surface area contributed by atoms with E-state index in [1.807, 2.05) is 0 Å². The Balaban J connectivity index is 0. The fourth-order valence-electron chi connectivity index (χ4n) is 1.07. The number of hydrogen-bond acceptors (Lipinski definition) is 1. The molecule has 0 heterocycles. The molecule has 140 valence electrons. The fraction of sp³-hybridized carbons (Fsp3) is 1.00. The molecular weight excluding hydrogens is 540 g/mol. The summed E-state index contributed by atoms with van der Waals surface area (Å²) in [4.78, 5) is 0. The molecule has 0 aromatic carbocycles. The monoisotopic (exact) mass is 558 g/mol. The van der Waals surface area contributed by atoms with Crippen LogP contribution >= 0.6 is 0 Å². The van der Waals surface area contributed by atoms with Crippen molar-refractivity contribution in [2.45, 2.75) is 60.1 Å². The summed E-state index contributed by atoms with van der Waals surface area (Å²) in [6.45, 7) is 9.35. The summed E-state index contributed by atoms with van der Waals surface area (Å²) in [6, 6.07) is 0. The average molecular weight is 558 g/mol. The molecule has 0 saturated heterocycles. The average Bonchev–Trinajstić information content (AvgIpc) is 2.22. The molecule has 0 N–H and O–H groups in total. The van der Waals surface area contributed by atoms with Crippen molar-refractivity contribution >= 4 is 23.2 Å². The standard InChI is InChI=1S/C4F9O.2C4H9.Bi/c5-2(6,7)1(14,3(8,9)10)4(11,12)13;2*1-4(2)3;/h;2*4H,1H2,2-3H3;/q-1;;;+1. The summed E-state index contributed by atoms with van der Waals surface area (Å²) in [5, 5.41) is 9.79. The molecule has 2 radical (unpaired) electrons. The van der Waals surface area contributed by atoms with Gasteiger partial charge in [-0.15, -0.1) is 0 Å². The van der Waals surface area contributed by atoms with E-state index in [1.165, 1.54) is 0 Å². The summed E-state index contributed by atoms with van der Waals surface area (Å²) in [5.41, 5.74) is -6.94. The van der Waals surface area contributed by atoms with E-state index in [0.717, 1.165) is 11.8 Å². The second-order valence-electron chi connectivity index (χ2n) is 5.55. The minimum atomic E-state index is -6.98. The van der Waals surface area contributed by atoms with Crippen molar-refractivity contribution in [2.75, 3.05) is 0 Å². The van der Waals surface area contributed by atoms with Crippen LogP contribution in [0.3, 0.4) is 0 Å². The molecule has 11 heteroatoms. The third kappa shape index (κ3) is 8.23. The maximum atomic E-state index is 11.3. The van der Waals surface area contributed by atoms with Gasteiger partial charge in [-0.2, -0.15) is 39.5 Å². The van der Waals surface area contributed by atoms with Crippen LogP contribution in [-0.4, -0.2) is 47.4 Å². The molecule has 0 unspecified atom stereocenters. The molecule has 0 aromatic heterocycles. The van der Waals surface area contributed by atoms with Crippen LogP contribution in [0.2, 0.25) is 8.26 Å². The second-order valence-corrected chi connectivity index (χ2v) is 10.1. The van der Waals surface area contributed by atoms with E-state index >= 15 is 0 Å². The van der Waals surface area contributed by atoms with Gasteiger partial charge in [-0.1, -0.05) is 0 Å². The minimum Gasteiger partial charge on any atom is -0.830 e. The Morgan fingerprint density at radius 2 is 0.870 bits per heavy atom. The van der Waals surface area contributed by atoms with E-state index in [2.05, 4.69) is 27.7 Å². The summed E-state index contributed by atoms with van der Waals surface area (Å²) in [6.07, 6.45) is -20.9. The van der Waals surface area contributed by atoms with Gasteiger partial charge in [-0.3, -0.25) is 0 Å². The SMILES string of the molecule is CC(C)[CH2][Bi+][CH2]C(C)C.[O-]C(C(F)(F)F)(C(F)(F)F)C(F)(F)F. The summed E-state index contributed by atoms with van der Waals surface area (Å²) in [5.74, 6) is 1.95. The Morgan fingerprint density at radius 1 is 0.652 bits per heavy atom. The van der Waals surface area contributed by atoms with Crippen LogP contribution in [0.5, 0.6) is 0 Å². The Kier molecular flexibility index (Phi) is 10.0. The predicted molar refractivity (Wildman–Crippen MR) is 65.9 cm³/mol. The van der Waals surface area contributed by atoms with Crippen molar-refractivity contribution in [1.29, 1.82) is 0 Å². The second kappa shape index (κ2) is 9.06. The van der Waals surface area contributed by atoms with Gasteiger partial charge in [0.05, 0.1) is 0 Å². The van der Waals surface area contributed by atoms with Crippen LogP contribution in [0.15, 0.2) is 0 Å². The first-order chi connectivity index (χ1) is 9.88. The van der Waals surface area contributed by atoms with Crippen LogP contribution in [0.4, 0.5) is 39.5 Å². The number of hydrogen-bond donors (Lipinski definition) is 0. The maximum absolute atomic E-state index is 11.3. The van der Waals surface area contributed by atoms with Crippen LogP contribution < -0.4 is 5.11 Å². The molecule has 0 saturated carbocycles. The van der Waals surface area contributed by atoms with Gasteiger partial charge >= 0.3 is 89.6 Å². The molecule has 0 aliphatic carbocycles. The van der Waals surface area contributed by atoms with Crippen LogP contribution in [0, 0.1) is 11.8 Å². The zero-order valence-electron chi connectivity index (χ0n) is 12.8. The smallest absolute Gasteiger partial charge is 0.397 e. The Bertz CT molecular complexity index is 287. The van der Waals surface area contributed by atoms with Crippen molar-refractivity contribution in [3.63, 3.8) is 0 Å². The minimum absolute atomic E-state index is 0.0123. The molecule has 0 rings (SSSR count). The van der Waals surface area contributed by atoms with Gasteiger partial charge < -0.3 is 5.11 Å². The van der Waals surface area contributed by atoms with E-state index in [1.54, 1.807) is 8.26 Å². The van der Waals surface area contributed by atoms with Crippen molar-refractivity contribution < 1.29 is 44.6 Å². The van der Waals surface area contributed by atoms with Crippen LogP contribution in [-0.2, 0) is 0 Å². The van der Waals surface area contributed by atoms with Crippen LogP contribution in [0.25, 0.3) is 0 Å². The van der Waals surface area contributed by atoms with Crippen molar-refractivity contribution in [3.05, 3.63) is 0 Å². The van der Waals surface area contributed by atoms with Gasteiger partial charge in [0.1, 0.15) is 0 Å². The van der Waals surface area contributed by atoms with Gasteiger partial charge in [0.25, 0.3) is 0 Å². The van der Waals surface area contributed by atoms with Gasteiger partial charge in [0, 0.05) is 0 Å². The molecule has 0 amide bonds. The number of rotatable bonds is 4. The van der Waals surface area contributed by atoms with Gasteiger partial charge in [0.2, 0.25) is 0 Å². The summed E-state index contributed by atoms with van der Waals surface area (Å²) >= 11 is -0.0123. The Labute approximate surface area is 140 Å². The molecule has 0 aliphatic heterocycles. The quantitative estimate of drug-likeness (QED) is 0.366. The third-order valence-electron chi connectivity index (χ3n) is 2.19. The predicted octanol–water partition coefficient (Wildman–Crippen LogP) is 4.61. The molecule has 0 atom stereocenters. The summed E-state index contributed by atoms with van der Waals surface area (Å²) in [7, 11) is 0. The topological polar surface area (TPSA) is 23.1 Å². The van der Waals surface area contributed by atoms with Gasteiger partial charge in [0.15, 0.2) is 5.60 Å². The van der Waals surface area contributed by atoms with Crippen molar-refractivity contribution in [3.8, 4) is 0 Å². The fourth-order valence-corrected chi connectivity index (χ4v) is 5.67. The van der Waals surface area contributed by atoms with E-state index in [9.17, 15) is 44.6 Å². The molecule has 0 spiro atoms. The largest absolute Gasteiger partial charge is 0.830 e. The molecule has 23 heavy (non-hydrogen) atoms. The van der Waals surface area contributed by atoms with Crippen molar-refractivity contribution in [1.82, 2.24) is 0 Å². The molecule has 0 bridgehead atoms. The Hall–Kier alpha value is 0.213. The molecule has 1 nitrogen and oxygen atoms in total. The van der Waals surface area contributed by atoms with Crippen LogP contribution in [0.1, 0.15) is 27.7 Å². The zero-order chi connectivity index (χ0) is 19.3. The first-order valence-electron chi connectivity index (χ1n) is 6.41.